The van der Waals surface area contributed by atoms with Gasteiger partial charge in [-0.25, -0.2) is 4.79 Å². The first-order chi connectivity index (χ1) is 9.59. The van der Waals surface area contributed by atoms with E-state index in [-0.39, 0.29) is 19.2 Å². The first-order valence-electron chi connectivity index (χ1n) is 6.29. The average molecular weight is 279 g/mol. The summed E-state index contributed by atoms with van der Waals surface area (Å²) in [6.07, 6.45) is 3.32. The normalized spacial score (nSPS) is 21.4. The Hall–Kier alpha value is -2.15. The number of nitrogens with one attached hydrogen (secondary N) is 1. The molecule has 20 heavy (non-hydrogen) atoms. The molecule has 2 N–H and O–H groups in total. The summed E-state index contributed by atoms with van der Waals surface area (Å²) in [5.74, 6) is -1.62. The van der Waals surface area contributed by atoms with E-state index in [4.69, 9.17) is 9.84 Å². The number of ether oxygens (including phenoxy) is 1. The Labute approximate surface area is 116 Å². The molecule has 2 rings (SSSR count). The summed E-state index contributed by atoms with van der Waals surface area (Å²) in [5.41, 5.74) is 0.881. The van der Waals surface area contributed by atoms with Crippen LogP contribution in [-0.4, -0.2) is 53.3 Å². The maximum atomic E-state index is 12.0. The summed E-state index contributed by atoms with van der Waals surface area (Å²) in [6.45, 7) is 0.732. The molecule has 7 heteroatoms. The molecule has 0 spiro atoms. The molecule has 0 aromatic carbocycles. The minimum absolute atomic E-state index is 0.139. The number of hydrogen-bond donors (Lipinski definition) is 2. The average Bonchev–Trinajstić information content (AvgIpc) is 2.94. The molecule has 0 radical (unpaired) electrons. The zero-order valence-electron chi connectivity index (χ0n) is 11.2. The molecular weight excluding hydrogens is 262 g/mol. The van der Waals surface area contributed by atoms with Crippen LogP contribution < -0.4 is 5.32 Å². The number of urea groups is 1. The summed E-state index contributed by atoms with van der Waals surface area (Å²) in [6, 6.07) is 2.87. The lowest BCUT2D eigenvalue weighted by molar-refractivity contribution is -0.142. The lowest BCUT2D eigenvalue weighted by atomic mass is 10.0. The molecule has 1 aliphatic heterocycles. The van der Waals surface area contributed by atoms with Crippen molar-refractivity contribution in [3.05, 3.63) is 30.1 Å². The topological polar surface area (TPSA) is 91.8 Å². The highest BCUT2D eigenvalue weighted by atomic mass is 16.5. The Morgan fingerprint density at radius 1 is 1.55 bits per heavy atom. The summed E-state index contributed by atoms with van der Waals surface area (Å²) in [7, 11) is 1.58. The van der Waals surface area contributed by atoms with Crippen molar-refractivity contribution in [3.63, 3.8) is 0 Å². The van der Waals surface area contributed by atoms with Gasteiger partial charge in [0.15, 0.2) is 0 Å². The van der Waals surface area contributed by atoms with E-state index in [2.05, 4.69) is 10.3 Å². The molecule has 108 valence electrons. The quantitative estimate of drug-likeness (QED) is 0.828. The number of aliphatic carboxylic acids is 1. The zero-order valence-corrected chi connectivity index (χ0v) is 11.2. The van der Waals surface area contributed by atoms with Crippen molar-refractivity contribution in [2.45, 2.75) is 12.6 Å². The minimum atomic E-state index is -0.945. The van der Waals surface area contributed by atoms with Gasteiger partial charge in [-0.1, -0.05) is 6.07 Å². The highest BCUT2D eigenvalue weighted by molar-refractivity contribution is 5.77. The van der Waals surface area contributed by atoms with Gasteiger partial charge < -0.3 is 20.1 Å². The largest absolute Gasteiger partial charge is 0.481 e. The van der Waals surface area contributed by atoms with Crippen molar-refractivity contribution in [2.24, 2.45) is 5.92 Å². The molecule has 2 atom stereocenters. The standard InChI is InChI=1S/C13H17N3O4/c1-16(11-8-20-7-10(11)12(17)18)13(19)15-6-9-3-2-4-14-5-9/h2-5,10-11H,6-8H2,1H3,(H,15,19)(H,17,18). The van der Waals surface area contributed by atoms with E-state index in [1.807, 2.05) is 6.07 Å². The highest BCUT2D eigenvalue weighted by Gasteiger charge is 2.38. The van der Waals surface area contributed by atoms with Gasteiger partial charge in [0.2, 0.25) is 0 Å². The smallest absolute Gasteiger partial charge is 0.317 e. The van der Waals surface area contributed by atoms with Gasteiger partial charge in [0, 0.05) is 26.0 Å². The molecule has 2 unspecified atom stereocenters. The monoisotopic (exact) mass is 279 g/mol. The summed E-state index contributed by atoms with van der Waals surface area (Å²) in [4.78, 5) is 28.4. The van der Waals surface area contributed by atoms with Gasteiger partial charge in [-0.2, -0.15) is 0 Å². The maximum absolute atomic E-state index is 12.0. The molecule has 1 aliphatic rings. The number of amides is 2. The molecule has 1 fully saturated rings. The van der Waals surface area contributed by atoms with Gasteiger partial charge in [0.05, 0.1) is 19.3 Å². The number of hydrogen-bond acceptors (Lipinski definition) is 4. The number of rotatable bonds is 4. The maximum Gasteiger partial charge on any atom is 0.317 e. The third-order valence-electron chi connectivity index (χ3n) is 3.35. The molecule has 0 saturated carbocycles. The van der Waals surface area contributed by atoms with Crippen molar-refractivity contribution in [2.75, 3.05) is 20.3 Å². The van der Waals surface area contributed by atoms with Gasteiger partial charge in [0.1, 0.15) is 5.92 Å². The van der Waals surface area contributed by atoms with Crippen LogP contribution in [0.1, 0.15) is 5.56 Å². The number of aromatic nitrogens is 1. The van der Waals surface area contributed by atoms with Crippen molar-refractivity contribution in [1.82, 2.24) is 15.2 Å². The van der Waals surface area contributed by atoms with E-state index in [9.17, 15) is 9.59 Å². The fourth-order valence-electron chi connectivity index (χ4n) is 2.12. The lowest BCUT2D eigenvalue weighted by Crippen LogP contribution is -2.48. The summed E-state index contributed by atoms with van der Waals surface area (Å²) in [5, 5.41) is 11.8. The van der Waals surface area contributed by atoms with Crippen LogP contribution in [-0.2, 0) is 16.1 Å². The van der Waals surface area contributed by atoms with Gasteiger partial charge in [-0.05, 0) is 11.6 Å². The van der Waals surface area contributed by atoms with Crippen LogP contribution in [0.25, 0.3) is 0 Å². The molecule has 7 nitrogen and oxygen atoms in total. The molecule has 0 bridgehead atoms. The Morgan fingerprint density at radius 2 is 2.35 bits per heavy atom. The van der Waals surface area contributed by atoms with Crippen molar-refractivity contribution >= 4 is 12.0 Å². The number of carbonyl (C=O) groups excluding carboxylic acids is 1. The fourth-order valence-corrected chi connectivity index (χ4v) is 2.12. The van der Waals surface area contributed by atoms with Crippen LogP contribution >= 0.6 is 0 Å². The van der Waals surface area contributed by atoms with Gasteiger partial charge in [-0.3, -0.25) is 9.78 Å². The first kappa shape index (κ1) is 14.3. The highest BCUT2D eigenvalue weighted by Crippen LogP contribution is 2.19. The molecule has 1 aromatic heterocycles. The van der Waals surface area contributed by atoms with Crippen LogP contribution in [0.4, 0.5) is 4.79 Å². The Bertz CT molecular complexity index is 480. The van der Waals surface area contributed by atoms with Gasteiger partial charge in [-0.15, -0.1) is 0 Å². The Balaban J connectivity index is 1.90. The SMILES string of the molecule is CN(C(=O)NCc1cccnc1)C1COCC1C(=O)O. The number of carbonyl (C=O) groups is 2. The number of carboxylic acid groups (broad SMARTS) is 1. The number of pyridine rings is 1. The third kappa shape index (κ3) is 3.24. The van der Waals surface area contributed by atoms with E-state index in [1.165, 1.54) is 4.90 Å². The summed E-state index contributed by atoms with van der Waals surface area (Å²) < 4.78 is 5.15. The molecule has 2 amide bonds. The van der Waals surface area contributed by atoms with Crippen LogP contribution in [0.3, 0.4) is 0 Å². The van der Waals surface area contributed by atoms with E-state index in [0.717, 1.165) is 5.56 Å². The number of nitrogens with zero attached hydrogens (tertiary/aromatic N) is 2. The molecular formula is C13H17N3O4. The van der Waals surface area contributed by atoms with E-state index >= 15 is 0 Å². The van der Waals surface area contributed by atoms with Crippen LogP contribution in [0.5, 0.6) is 0 Å². The Morgan fingerprint density at radius 3 is 3.00 bits per heavy atom. The van der Waals surface area contributed by atoms with Gasteiger partial charge >= 0.3 is 12.0 Å². The van der Waals surface area contributed by atoms with E-state index in [0.29, 0.717) is 6.54 Å². The number of likely N-dealkylation sites (N-methyl/N-ethyl adjacent to an activating group) is 1. The zero-order chi connectivity index (χ0) is 14.5. The first-order valence-corrected chi connectivity index (χ1v) is 6.29. The van der Waals surface area contributed by atoms with Crippen LogP contribution in [0.15, 0.2) is 24.5 Å². The molecule has 1 aromatic rings. The fraction of sp³-hybridized carbons (Fsp3) is 0.462. The van der Waals surface area contributed by atoms with Crippen LogP contribution in [0.2, 0.25) is 0 Å². The minimum Gasteiger partial charge on any atom is -0.481 e. The molecule has 0 aliphatic carbocycles. The summed E-state index contributed by atoms with van der Waals surface area (Å²) >= 11 is 0. The van der Waals surface area contributed by atoms with Crippen molar-refractivity contribution in [1.29, 1.82) is 0 Å². The second kappa shape index (κ2) is 6.33. The van der Waals surface area contributed by atoms with E-state index in [1.54, 1.807) is 25.5 Å². The second-order valence-corrected chi connectivity index (χ2v) is 4.68. The van der Waals surface area contributed by atoms with E-state index < -0.39 is 17.9 Å². The predicted octanol–water partition coefficient (Wildman–Crippen LogP) is 0.323. The predicted molar refractivity (Wildman–Crippen MR) is 70.0 cm³/mol. The molecule has 1 saturated heterocycles. The van der Waals surface area contributed by atoms with Crippen molar-refractivity contribution < 1.29 is 19.4 Å². The Kier molecular flexibility index (Phi) is 4.52. The number of carboxylic acids is 1. The molecule has 2 heterocycles. The van der Waals surface area contributed by atoms with Gasteiger partial charge in [0.25, 0.3) is 0 Å². The second-order valence-electron chi connectivity index (χ2n) is 4.68. The van der Waals surface area contributed by atoms with Crippen LogP contribution in [0, 0.1) is 5.92 Å². The van der Waals surface area contributed by atoms with Crippen molar-refractivity contribution in [3.8, 4) is 0 Å². The third-order valence-corrected chi connectivity index (χ3v) is 3.35. The lowest BCUT2D eigenvalue weighted by Gasteiger charge is -2.26.